The van der Waals surface area contributed by atoms with Crippen LogP contribution in [0.15, 0.2) is 60.9 Å². The normalized spacial score (nSPS) is 19.8. The van der Waals surface area contributed by atoms with Gasteiger partial charge in [0.25, 0.3) is 0 Å². The highest BCUT2D eigenvalue weighted by Crippen LogP contribution is 2.24. The molecule has 0 unspecified atom stereocenters. The van der Waals surface area contributed by atoms with E-state index in [0.29, 0.717) is 31.3 Å². The van der Waals surface area contributed by atoms with Crippen LogP contribution in [0.5, 0.6) is 5.75 Å². The Bertz CT molecular complexity index is 1080. The maximum absolute atomic E-state index is 9.86. The van der Waals surface area contributed by atoms with E-state index < -0.39 is 12.2 Å². The summed E-state index contributed by atoms with van der Waals surface area (Å²) < 4.78 is 12.8. The van der Waals surface area contributed by atoms with Crippen LogP contribution in [0.2, 0.25) is 0 Å². The summed E-state index contributed by atoms with van der Waals surface area (Å²) in [5, 5.41) is 19.7. The second kappa shape index (κ2) is 9.98. The van der Waals surface area contributed by atoms with Crippen LogP contribution in [0.3, 0.4) is 0 Å². The minimum atomic E-state index is -0.687. The highest BCUT2D eigenvalue weighted by atomic mass is 16.6. The van der Waals surface area contributed by atoms with Gasteiger partial charge in [-0.3, -0.25) is 0 Å². The van der Waals surface area contributed by atoms with E-state index in [4.69, 9.17) is 15.2 Å². The van der Waals surface area contributed by atoms with Gasteiger partial charge in [0, 0.05) is 24.5 Å². The van der Waals surface area contributed by atoms with Crippen molar-refractivity contribution in [3.05, 3.63) is 72.3 Å². The Morgan fingerprint density at radius 3 is 2.44 bits per heavy atom. The third-order valence-electron chi connectivity index (χ3n) is 5.37. The van der Waals surface area contributed by atoms with Gasteiger partial charge < -0.3 is 30.0 Å². The summed E-state index contributed by atoms with van der Waals surface area (Å²) in [5.41, 5.74) is 8.90. The third-order valence-corrected chi connectivity index (χ3v) is 5.37. The number of aliphatic hydroxyl groups excluding tert-OH is 2. The lowest BCUT2D eigenvalue weighted by atomic mass is 10.0. The average Bonchev–Trinajstić information content (AvgIpc) is 3.45. The van der Waals surface area contributed by atoms with Crippen molar-refractivity contribution >= 4 is 0 Å². The molecule has 0 radical (unpaired) electrons. The van der Waals surface area contributed by atoms with Crippen LogP contribution in [0.25, 0.3) is 11.1 Å². The van der Waals surface area contributed by atoms with E-state index in [-0.39, 0.29) is 12.1 Å². The lowest BCUT2D eigenvalue weighted by Gasteiger charge is -2.15. The molecule has 4 rings (SSSR count). The zero-order chi connectivity index (χ0) is 22.5. The fourth-order valence-corrected chi connectivity index (χ4v) is 3.60. The summed E-state index contributed by atoms with van der Waals surface area (Å²) in [7, 11) is 0. The molecular formula is C25H27N3O4. The number of hydrogen-bond donors (Lipinski definition) is 3. The summed E-state index contributed by atoms with van der Waals surface area (Å²) in [4.78, 5) is 4.19. The lowest BCUT2D eigenvalue weighted by molar-refractivity contribution is 0.0733. The van der Waals surface area contributed by atoms with E-state index in [0.717, 1.165) is 16.7 Å². The van der Waals surface area contributed by atoms with Crippen molar-refractivity contribution in [1.29, 1.82) is 0 Å². The van der Waals surface area contributed by atoms with E-state index in [1.807, 2.05) is 53.1 Å². The molecule has 0 spiro atoms. The average molecular weight is 434 g/mol. The number of nitrogens with two attached hydrogens (primary N) is 1. The van der Waals surface area contributed by atoms with E-state index in [9.17, 15) is 10.2 Å². The standard InChI is InChI=1S/C25H27N3O4/c1-17(29)25-27-12-13-28(25)21(14-26)9-4-18-2-5-19(6-3-18)20-7-10-22(11-8-20)32-24-16-31-15-23(24)30/h2-3,5-8,10-13,17,21,23-24,29-30H,14-16,26H2,1H3/t17-,21-,23-,24-/m0/s1. The Morgan fingerprint density at radius 2 is 1.84 bits per heavy atom. The predicted octanol–water partition coefficient (Wildman–Crippen LogP) is 2.29. The van der Waals surface area contributed by atoms with Crippen LogP contribution in [-0.4, -0.2) is 51.7 Å². The number of aliphatic hydroxyl groups is 2. The van der Waals surface area contributed by atoms with Crippen LogP contribution in [-0.2, 0) is 4.74 Å². The van der Waals surface area contributed by atoms with Gasteiger partial charge in [-0.15, -0.1) is 0 Å². The smallest absolute Gasteiger partial charge is 0.150 e. The van der Waals surface area contributed by atoms with Crippen molar-refractivity contribution < 1.29 is 19.7 Å². The molecule has 1 aromatic heterocycles. The summed E-state index contributed by atoms with van der Waals surface area (Å²) in [6, 6.07) is 15.5. The number of aromatic nitrogens is 2. The molecule has 1 saturated heterocycles. The summed E-state index contributed by atoms with van der Waals surface area (Å²) in [6.07, 6.45) is 1.82. The fourth-order valence-electron chi connectivity index (χ4n) is 3.60. The largest absolute Gasteiger partial charge is 0.485 e. The SMILES string of the molecule is C[C@H](O)c1nccn1[C@@H](C#Cc1ccc(-c2ccc(O[C@H]3COC[C@@H]3O)cc2)cc1)CN. The van der Waals surface area contributed by atoms with Crippen molar-refractivity contribution in [2.24, 2.45) is 5.73 Å². The van der Waals surface area contributed by atoms with Crippen molar-refractivity contribution in [2.45, 2.75) is 31.3 Å². The van der Waals surface area contributed by atoms with Gasteiger partial charge in [0.1, 0.15) is 35.9 Å². The Morgan fingerprint density at radius 1 is 1.16 bits per heavy atom. The molecule has 166 valence electrons. The number of benzene rings is 2. The first-order valence-electron chi connectivity index (χ1n) is 10.6. The molecule has 1 aliphatic heterocycles. The van der Waals surface area contributed by atoms with E-state index in [1.54, 1.807) is 19.3 Å². The van der Waals surface area contributed by atoms with Crippen LogP contribution >= 0.6 is 0 Å². The van der Waals surface area contributed by atoms with Gasteiger partial charge in [-0.25, -0.2) is 4.98 Å². The van der Waals surface area contributed by atoms with Gasteiger partial charge >= 0.3 is 0 Å². The van der Waals surface area contributed by atoms with E-state index in [1.165, 1.54) is 0 Å². The second-order valence-electron chi connectivity index (χ2n) is 7.75. The fraction of sp³-hybridized carbons (Fsp3) is 0.320. The van der Waals surface area contributed by atoms with Gasteiger partial charge in [0.15, 0.2) is 0 Å². The number of rotatable bonds is 6. The van der Waals surface area contributed by atoms with Crippen molar-refractivity contribution in [2.75, 3.05) is 19.8 Å². The predicted molar refractivity (Wildman–Crippen MR) is 121 cm³/mol. The van der Waals surface area contributed by atoms with Gasteiger partial charge in [-0.2, -0.15) is 0 Å². The monoisotopic (exact) mass is 433 g/mol. The minimum Gasteiger partial charge on any atom is -0.485 e. The molecule has 7 heteroatoms. The highest BCUT2D eigenvalue weighted by molar-refractivity contribution is 5.65. The maximum Gasteiger partial charge on any atom is 0.150 e. The molecule has 2 aromatic carbocycles. The summed E-state index contributed by atoms with van der Waals surface area (Å²) in [5.74, 6) is 7.60. The molecule has 0 saturated carbocycles. The molecule has 1 fully saturated rings. The molecular weight excluding hydrogens is 406 g/mol. The Kier molecular flexibility index (Phi) is 6.88. The van der Waals surface area contributed by atoms with Gasteiger partial charge in [-0.1, -0.05) is 36.1 Å². The summed E-state index contributed by atoms with van der Waals surface area (Å²) in [6.45, 7) is 2.70. The maximum atomic E-state index is 9.86. The number of ether oxygens (including phenoxy) is 2. The van der Waals surface area contributed by atoms with E-state index >= 15 is 0 Å². The Labute approximate surface area is 187 Å². The summed E-state index contributed by atoms with van der Waals surface area (Å²) >= 11 is 0. The first-order chi connectivity index (χ1) is 15.5. The number of imidazole rings is 1. The number of hydrogen-bond acceptors (Lipinski definition) is 6. The molecule has 32 heavy (non-hydrogen) atoms. The Hall–Kier alpha value is -3.15. The molecule has 1 aliphatic rings. The zero-order valence-corrected chi connectivity index (χ0v) is 17.9. The Balaban J connectivity index is 1.44. The quantitative estimate of drug-likeness (QED) is 0.516. The lowest BCUT2D eigenvalue weighted by Crippen LogP contribution is -2.29. The van der Waals surface area contributed by atoms with Gasteiger partial charge in [0.05, 0.1) is 13.2 Å². The van der Waals surface area contributed by atoms with Crippen LogP contribution < -0.4 is 10.5 Å². The highest BCUT2D eigenvalue weighted by Gasteiger charge is 2.27. The topological polar surface area (TPSA) is 103 Å². The molecule has 7 nitrogen and oxygen atoms in total. The van der Waals surface area contributed by atoms with E-state index in [2.05, 4.69) is 16.8 Å². The molecule has 0 bridgehead atoms. The van der Waals surface area contributed by atoms with Crippen LogP contribution in [0, 0.1) is 11.8 Å². The first-order valence-corrected chi connectivity index (χ1v) is 10.6. The molecule has 0 aliphatic carbocycles. The first kappa shape index (κ1) is 22.1. The van der Waals surface area contributed by atoms with Crippen molar-refractivity contribution in [3.63, 3.8) is 0 Å². The molecule has 2 heterocycles. The van der Waals surface area contributed by atoms with Crippen LogP contribution in [0.4, 0.5) is 0 Å². The minimum absolute atomic E-state index is 0.266. The molecule has 0 amide bonds. The molecule has 4 atom stereocenters. The third kappa shape index (κ3) is 5.01. The second-order valence-corrected chi connectivity index (χ2v) is 7.75. The molecule has 3 aromatic rings. The van der Waals surface area contributed by atoms with Crippen molar-refractivity contribution in [1.82, 2.24) is 9.55 Å². The van der Waals surface area contributed by atoms with Crippen LogP contribution in [0.1, 0.15) is 30.5 Å². The van der Waals surface area contributed by atoms with Gasteiger partial charge in [-0.05, 0) is 42.3 Å². The van der Waals surface area contributed by atoms with Crippen molar-refractivity contribution in [3.8, 4) is 28.7 Å². The van der Waals surface area contributed by atoms with Gasteiger partial charge in [0.2, 0.25) is 0 Å². The zero-order valence-electron chi connectivity index (χ0n) is 17.9. The number of nitrogens with zero attached hydrogens (tertiary/aromatic N) is 2. The molecule has 4 N–H and O–H groups in total.